The number of nitrogens with two attached hydrogens (primary N) is 1. The number of nitrogens with zero attached hydrogens (tertiary/aromatic N) is 2. The average molecular weight is 223 g/mol. The fourth-order valence-corrected chi connectivity index (χ4v) is 2.33. The van der Waals surface area contributed by atoms with Crippen LogP contribution in [0.15, 0.2) is 6.07 Å². The van der Waals surface area contributed by atoms with Crippen LogP contribution in [0.2, 0.25) is 0 Å². The zero-order chi connectivity index (χ0) is 11.5. The SMILES string of the molecule is Cc1cc(CC(N)C2CCCCO2)n(C)n1. The van der Waals surface area contributed by atoms with Crippen LogP contribution in [0.3, 0.4) is 0 Å². The van der Waals surface area contributed by atoms with Crippen LogP contribution in [0, 0.1) is 6.92 Å². The standard InChI is InChI=1S/C12H21N3O/c1-9-7-10(15(2)14-9)8-11(13)12-5-3-4-6-16-12/h7,11-12H,3-6,8,13H2,1-2H3. The van der Waals surface area contributed by atoms with E-state index in [1.54, 1.807) is 0 Å². The van der Waals surface area contributed by atoms with Crippen molar-refractivity contribution in [3.8, 4) is 0 Å². The molecule has 16 heavy (non-hydrogen) atoms. The summed E-state index contributed by atoms with van der Waals surface area (Å²) in [6.07, 6.45) is 4.58. The molecule has 1 fully saturated rings. The average Bonchev–Trinajstić information content (AvgIpc) is 2.59. The Morgan fingerprint density at radius 2 is 2.44 bits per heavy atom. The van der Waals surface area contributed by atoms with Crippen molar-refractivity contribution < 1.29 is 4.74 Å². The molecule has 1 aliphatic heterocycles. The monoisotopic (exact) mass is 223 g/mol. The lowest BCUT2D eigenvalue weighted by molar-refractivity contribution is 0.000333. The minimum absolute atomic E-state index is 0.0927. The van der Waals surface area contributed by atoms with E-state index in [9.17, 15) is 0 Å². The minimum atomic E-state index is 0.0927. The van der Waals surface area contributed by atoms with E-state index in [4.69, 9.17) is 10.5 Å². The second kappa shape index (κ2) is 4.97. The van der Waals surface area contributed by atoms with Crippen LogP contribution in [0.5, 0.6) is 0 Å². The summed E-state index contributed by atoms with van der Waals surface area (Å²) in [6, 6.07) is 2.19. The Hall–Kier alpha value is -0.870. The molecule has 0 bridgehead atoms. The molecule has 0 amide bonds. The number of rotatable bonds is 3. The third-order valence-corrected chi connectivity index (χ3v) is 3.24. The van der Waals surface area contributed by atoms with Gasteiger partial charge in [-0.25, -0.2) is 0 Å². The van der Waals surface area contributed by atoms with Gasteiger partial charge in [0.2, 0.25) is 0 Å². The summed E-state index contributed by atoms with van der Waals surface area (Å²) >= 11 is 0. The molecule has 0 saturated carbocycles. The Kier molecular flexibility index (Phi) is 3.61. The second-order valence-electron chi connectivity index (χ2n) is 4.67. The molecule has 2 rings (SSSR count). The van der Waals surface area contributed by atoms with Crippen LogP contribution in [-0.4, -0.2) is 28.5 Å². The summed E-state index contributed by atoms with van der Waals surface area (Å²) in [5.74, 6) is 0. The van der Waals surface area contributed by atoms with Crippen molar-refractivity contribution in [2.24, 2.45) is 12.8 Å². The quantitative estimate of drug-likeness (QED) is 0.837. The number of hydrogen-bond acceptors (Lipinski definition) is 3. The van der Waals surface area contributed by atoms with E-state index < -0.39 is 0 Å². The predicted molar refractivity (Wildman–Crippen MR) is 63.2 cm³/mol. The highest BCUT2D eigenvalue weighted by molar-refractivity contribution is 5.10. The molecule has 0 spiro atoms. The smallest absolute Gasteiger partial charge is 0.0729 e. The Bertz CT molecular complexity index is 342. The van der Waals surface area contributed by atoms with Crippen LogP contribution in [0.25, 0.3) is 0 Å². The van der Waals surface area contributed by atoms with Crippen molar-refractivity contribution in [3.05, 3.63) is 17.5 Å². The predicted octanol–water partition coefficient (Wildman–Crippen LogP) is 1.17. The first-order valence-electron chi connectivity index (χ1n) is 6.03. The van der Waals surface area contributed by atoms with Gasteiger partial charge in [0.1, 0.15) is 0 Å². The molecule has 4 nitrogen and oxygen atoms in total. The van der Waals surface area contributed by atoms with E-state index in [0.29, 0.717) is 0 Å². The zero-order valence-corrected chi connectivity index (χ0v) is 10.1. The van der Waals surface area contributed by atoms with Gasteiger partial charge in [0, 0.05) is 31.8 Å². The summed E-state index contributed by atoms with van der Waals surface area (Å²) in [6.45, 7) is 2.87. The highest BCUT2D eigenvalue weighted by atomic mass is 16.5. The lowest BCUT2D eigenvalue weighted by Crippen LogP contribution is -2.40. The number of aromatic nitrogens is 2. The van der Waals surface area contributed by atoms with E-state index >= 15 is 0 Å². The lowest BCUT2D eigenvalue weighted by atomic mass is 9.99. The third-order valence-electron chi connectivity index (χ3n) is 3.24. The summed E-state index contributed by atoms with van der Waals surface area (Å²) in [4.78, 5) is 0. The van der Waals surface area contributed by atoms with Crippen LogP contribution < -0.4 is 5.73 Å². The summed E-state index contributed by atoms with van der Waals surface area (Å²) in [5.41, 5.74) is 8.44. The van der Waals surface area contributed by atoms with Crippen molar-refractivity contribution >= 4 is 0 Å². The molecule has 2 N–H and O–H groups in total. The Morgan fingerprint density at radius 3 is 3.00 bits per heavy atom. The van der Waals surface area contributed by atoms with Gasteiger partial charge in [-0.15, -0.1) is 0 Å². The van der Waals surface area contributed by atoms with Crippen molar-refractivity contribution in [2.75, 3.05) is 6.61 Å². The van der Waals surface area contributed by atoms with Gasteiger partial charge in [0.15, 0.2) is 0 Å². The molecule has 2 heterocycles. The van der Waals surface area contributed by atoms with Gasteiger partial charge in [-0.1, -0.05) is 0 Å². The van der Waals surface area contributed by atoms with E-state index in [2.05, 4.69) is 11.2 Å². The molecule has 90 valence electrons. The Labute approximate surface area is 96.8 Å². The van der Waals surface area contributed by atoms with Gasteiger partial charge in [-0.3, -0.25) is 4.68 Å². The maximum Gasteiger partial charge on any atom is 0.0729 e. The molecule has 1 aromatic heterocycles. The van der Waals surface area contributed by atoms with E-state index in [-0.39, 0.29) is 12.1 Å². The van der Waals surface area contributed by atoms with Gasteiger partial charge < -0.3 is 10.5 Å². The highest BCUT2D eigenvalue weighted by Gasteiger charge is 2.22. The molecule has 1 saturated heterocycles. The first kappa shape index (κ1) is 11.6. The topological polar surface area (TPSA) is 53.1 Å². The van der Waals surface area contributed by atoms with Crippen molar-refractivity contribution in [3.63, 3.8) is 0 Å². The zero-order valence-electron chi connectivity index (χ0n) is 10.1. The first-order chi connectivity index (χ1) is 7.66. The van der Waals surface area contributed by atoms with Crippen LogP contribution in [0.4, 0.5) is 0 Å². The van der Waals surface area contributed by atoms with E-state index in [1.807, 2.05) is 18.7 Å². The highest BCUT2D eigenvalue weighted by Crippen LogP contribution is 2.17. The molecule has 0 aliphatic carbocycles. The van der Waals surface area contributed by atoms with Crippen molar-refractivity contribution in [1.82, 2.24) is 9.78 Å². The van der Waals surface area contributed by atoms with Crippen LogP contribution in [0.1, 0.15) is 30.7 Å². The largest absolute Gasteiger partial charge is 0.377 e. The normalized spacial score (nSPS) is 23.3. The number of hydrogen-bond donors (Lipinski definition) is 1. The molecule has 4 heteroatoms. The van der Waals surface area contributed by atoms with Gasteiger partial charge in [0.25, 0.3) is 0 Å². The molecule has 1 aliphatic rings. The molecular formula is C12H21N3O. The summed E-state index contributed by atoms with van der Waals surface area (Å²) in [5, 5.41) is 4.33. The fraction of sp³-hybridized carbons (Fsp3) is 0.750. The van der Waals surface area contributed by atoms with Crippen molar-refractivity contribution in [1.29, 1.82) is 0 Å². The van der Waals surface area contributed by atoms with Crippen LogP contribution in [-0.2, 0) is 18.2 Å². The van der Waals surface area contributed by atoms with Crippen LogP contribution >= 0.6 is 0 Å². The lowest BCUT2D eigenvalue weighted by Gasteiger charge is -2.27. The summed E-state index contributed by atoms with van der Waals surface area (Å²) in [7, 11) is 1.97. The van der Waals surface area contributed by atoms with Gasteiger partial charge in [-0.05, 0) is 32.3 Å². The van der Waals surface area contributed by atoms with Gasteiger partial charge >= 0.3 is 0 Å². The molecule has 0 radical (unpaired) electrons. The van der Waals surface area contributed by atoms with E-state index in [1.165, 1.54) is 18.5 Å². The minimum Gasteiger partial charge on any atom is -0.377 e. The molecule has 1 aromatic rings. The van der Waals surface area contributed by atoms with Crippen molar-refractivity contribution in [2.45, 2.75) is 44.8 Å². The maximum absolute atomic E-state index is 6.19. The summed E-state index contributed by atoms with van der Waals surface area (Å²) < 4.78 is 7.62. The number of ether oxygens (including phenoxy) is 1. The second-order valence-corrected chi connectivity index (χ2v) is 4.67. The molecule has 2 atom stereocenters. The molecule has 2 unspecified atom stereocenters. The number of aryl methyl sites for hydroxylation is 2. The van der Waals surface area contributed by atoms with Gasteiger partial charge in [0.05, 0.1) is 11.8 Å². The Morgan fingerprint density at radius 1 is 1.62 bits per heavy atom. The van der Waals surface area contributed by atoms with Gasteiger partial charge in [-0.2, -0.15) is 5.10 Å². The fourth-order valence-electron chi connectivity index (χ4n) is 2.33. The molecule has 0 aromatic carbocycles. The maximum atomic E-state index is 6.19. The van der Waals surface area contributed by atoms with E-state index in [0.717, 1.165) is 25.1 Å². The Balaban J connectivity index is 1.95. The third kappa shape index (κ3) is 2.62. The first-order valence-corrected chi connectivity index (χ1v) is 6.03. The molecular weight excluding hydrogens is 202 g/mol.